The van der Waals surface area contributed by atoms with Gasteiger partial charge in [-0.2, -0.15) is 0 Å². The van der Waals surface area contributed by atoms with Crippen molar-refractivity contribution in [1.29, 1.82) is 0 Å². The molecule has 0 saturated carbocycles. The molecule has 0 spiro atoms. The van der Waals surface area contributed by atoms with Crippen molar-refractivity contribution >= 4 is 33.2 Å². The molecule has 3 rings (SSSR count). The molecule has 3 aromatic rings. The van der Waals surface area contributed by atoms with Crippen molar-refractivity contribution < 1.29 is 13.6 Å². The zero-order valence-electron chi connectivity index (χ0n) is 12.0. The van der Waals surface area contributed by atoms with Crippen molar-refractivity contribution in [3.8, 4) is 0 Å². The summed E-state index contributed by atoms with van der Waals surface area (Å²) in [6, 6.07) is 11.6. The Morgan fingerprint density at radius 1 is 1.22 bits per heavy atom. The zero-order valence-corrected chi connectivity index (χ0v) is 14.4. The fraction of sp³-hybridized carbons (Fsp3) is 0.118. The number of carbonyl (C=O) groups is 1. The van der Waals surface area contributed by atoms with Crippen LogP contribution in [0.2, 0.25) is 0 Å². The molecule has 0 N–H and O–H groups in total. The van der Waals surface area contributed by atoms with Gasteiger partial charge in [0.25, 0.3) is 5.91 Å². The highest BCUT2D eigenvalue weighted by molar-refractivity contribution is 9.10. The van der Waals surface area contributed by atoms with Crippen molar-refractivity contribution in [2.24, 2.45) is 0 Å². The maximum absolute atomic E-state index is 13.5. The molecule has 0 saturated heterocycles. The van der Waals surface area contributed by atoms with Crippen molar-refractivity contribution in [3.05, 3.63) is 80.6 Å². The van der Waals surface area contributed by atoms with Crippen molar-refractivity contribution in [2.45, 2.75) is 13.1 Å². The number of nitrogens with zero attached hydrogens (tertiary/aromatic N) is 1. The lowest BCUT2D eigenvalue weighted by molar-refractivity contribution is 0.0718. The molecule has 0 aliphatic carbocycles. The van der Waals surface area contributed by atoms with Crippen LogP contribution in [0.15, 0.2) is 63.0 Å². The fourth-order valence-electron chi connectivity index (χ4n) is 2.21. The topological polar surface area (TPSA) is 33.5 Å². The van der Waals surface area contributed by atoms with E-state index >= 15 is 0 Å². The van der Waals surface area contributed by atoms with Crippen LogP contribution in [0.1, 0.15) is 21.0 Å². The molecule has 0 atom stereocenters. The second kappa shape index (κ2) is 7.10. The van der Waals surface area contributed by atoms with E-state index in [0.29, 0.717) is 28.9 Å². The zero-order chi connectivity index (χ0) is 16.2. The number of carbonyl (C=O) groups excluding carboxylic acids is 1. The van der Waals surface area contributed by atoms with Gasteiger partial charge >= 0.3 is 0 Å². The summed E-state index contributed by atoms with van der Waals surface area (Å²) in [5, 5.41) is 1.96. The number of halogens is 2. The Kier molecular flexibility index (Phi) is 4.93. The lowest BCUT2D eigenvalue weighted by atomic mass is 10.2. The largest absolute Gasteiger partial charge is 0.467 e. The molecule has 0 radical (unpaired) electrons. The minimum absolute atomic E-state index is 0.249. The van der Waals surface area contributed by atoms with Gasteiger partial charge in [0.2, 0.25) is 0 Å². The van der Waals surface area contributed by atoms with Crippen LogP contribution in [0.3, 0.4) is 0 Å². The Morgan fingerprint density at radius 3 is 2.78 bits per heavy atom. The van der Waals surface area contributed by atoms with Crippen LogP contribution in [0.4, 0.5) is 4.39 Å². The van der Waals surface area contributed by atoms with Gasteiger partial charge in [-0.3, -0.25) is 4.79 Å². The van der Waals surface area contributed by atoms with Gasteiger partial charge in [-0.05, 0) is 57.7 Å². The maximum atomic E-state index is 13.5. The molecule has 118 valence electrons. The monoisotopic (exact) mass is 393 g/mol. The summed E-state index contributed by atoms with van der Waals surface area (Å²) in [5.41, 5.74) is 0.299. The molecule has 1 amide bonds. The lowest BCUT2D eigenvalue weighted by Crippen LogP contribution is -2.30. The third-order valence-corrected chi connectivity index (χ3v) is 4.85. The molecule has 0 aliphatic heterocycles. The predicted molar refractivity (Wildman–Crippen MR) is 90.7 cm³/mol. The van der Waals surface area contributed by atoms with Crippen LogP contribution in [-0.2, 0) is 13.1 Å². The number of furan rings is 1. The minimum Gasteiger partial charge on any atom is -0.467 e. The minimum atomic E-state index is -0.439. The summed E-state index contributed by atoms with van der Waals surface area (Å²) in [6.07, 6.45) is 1.57. The van der Waals surface area contributed by atoms with Crippen LogP contribution in [-0.4, -0.2) is 10.8 Å². The highest BCUT2D eigenvalue weighted by Gasteiger charge is 2.21. The maximum Gasteiger partial charge on any atom is 0.255 e. The average Bonchev–Trinajstić information content (AvgIpc) is 3.22. The molecular formula is C17H13BrFNO2S. The summed E-state index contributed by atoms with van der Waals surface area (Å²) in [6.45, 7) is 0.771. The Bertz CT molecular complexity index is 751. The Hall–Kier alpha value is -1.92. The van der Waals surface area contributed by atoms with Gasteiger partial charge in [-0.15, -0.1) is 11.3 Å². The summed E-state index contributed by atoms with van der Waals surface area (Å²) >= 11 is 4.89. The molecule has 1 aromatic carbocycles. The third kappa shape index (κ3) is 3.89. The Labute approximate surface area is 145 Å². The number of benzene rings is 1. The molecule has 0 fully saturated rings. The number of rotatable bonds is 5. The standard InChI is InChI=1S/C17H13BrFNO2S/c18-16-6-5-12(19)9-15(16)17(21)20(10-13-3-1-7-22-13)11-14-4-2-8-23-14/h1-9H,10-11H2. The van der Waals surface area contributed by atoms with E-state index in [-0.39, 0.29) is 5.91 Å². The highest BCUT2D eigenvalue weighted by atomic mass is 79.9. The predicted octanol–water partition coefficient (Wildman–Crippen LogP) is 5.09. The first-order chi connectivity index (χ1) is 11.1. The Morgan fingerprint density at radius 2 is 2.09 bits per heavy atom. The van der Waals surface area contributed by atoms with Gasteiger partial charge < -0.3 is 9.32 Å². The van der Waals surface area contributed by atoms with Gasteiger partial charge in [0.05, 0.1) is 24.9 Å². The molecule has 3 nitrogen and oxygen atoms in total. The summed E-state index contributed by atoms with van der Waals surface area (Å²) in [5.74, 6) is -0.00534. The van der Waals surface area contributed by atoms with Crippen LogP contribution < -0.4 is 0 Å². The number of hydrogen-bond acceptors (Lipinski definition) is 3. The van der Waals surface area contributed by atoms with E-state index in [1.165, 1.54) is 12.1 Å². The van der Waals surface area contributed by atoms with E-state index < -0.39 is 5.82 Å². The SMILES string of the molecule is O=C(c1cc(F)ccc1Br)N(Cc1ccco1)Cc1cccs1. The van der Waals surface area contributed by atoms with Crippen molar-refractivity contribution in [1.82, 2.24) is 4.90 Å². The number of thiophene rings is 1. The van der Waals surface area contributed by atoms with Crippen LogP contribution in [0.5, 0.6) is 0 Å². The van der Waals surface area contributed by atoms with E-state index in [1.54, 1.807) is 34.6 Å². The van der Waals surface area contributed by atoms with Gasteiger partial charge in [0, 0.05) is 9.35 Å². The van der Waals surface area contributed by atoms with E-state index in [9.17, 15) is 9.18 Å². The van der Waals surface area contributed by atoms with Crippen LogP contribution in [0.25, 0.3) is 0 Å². The third-order valence-electron chi connectivity index (χ3n) is 3.30. The summed E-state index contributed by atoms with van der Waals surface area (Å²) in [4.78, 5) is 15.6. The number of hydrogen-bond donors (Lipinski definition) is 0. The summed E-state index contributed by atoms with van der Waals surface area (Å²) < 4.78 is 19.4. The van der Waals surface area contributed by atoms with Gasteiger partial charge in [0.15, 0.2) is 0 Å². The Balaban J connectivity index is 1.89. The first-order valence-electron chi connectivity index (χ1n) is 6.92. The highest BCUT2D eigenvalue weighted by Crippen LogP contribution is 2.23. The van der Waals surface area contributed by atoms with Crippen LogP contribution >= 0.6 is 27.3 Å². The summed E-state index contributed by atoms with van der Waals surface area (Å²) in [7, 11) is 0. The molecule has 23 heavy (non-hydrogen) atoms. The van der Waals surface area contributed by atoms with Crippen molar-refractivity contribution in [3.63, 3.8) is 0 Å². The van der Waals surface area contributed by atoms with Gasteiger partial charge in [0.1, 0.15) is 11.6 Å². The smallest absolute Gasteiger partial charge is 0.255 e. The normalized spacial score (nSPS) is 10.7. The van der Waals surface area contributed by atoms with Crippen LogP contribution in [0, 0.1) is 5.82 Å². The first-order valence-corrected chi connectivity index (χ1v) is 8.60. The first kappa shape index (κ1) is 16.0. The second-order valence-corrected chi connectivity index (χ2v) is 6.83. The van der Waals surface area contributed by atoms with Gasteiger partial charge in [-0.1, -0.05) is 6.07 Å². The fourth-order valence-corrected chi connectivity index (χ4v) is 3.35. The van der Waals surface area contributed by atoms with Crippen molar-refractivity contribution in [2.75, 3.05) is 0 Å². The van der Waals surface area contributed by atoms with E-state index in [4.69, 9.17) is 4.42 Å². The molecule has 2 heterocycles. The average molecular weight is 394 g/mol. The molecule has 6 heteroatoms. The number of amides is 1. The quantitative estimate of drug-likeness (QED) is 0.604. The molecule has 2 aromatic heterocycles. The van der Waals surface area contributed by atoms with Gasteiger partial charge in [-0.25, -0.2) is 4.39 Å². The second-order valence-electron chi connectivity index (χ2n) is 4.94. The molecule has 0 unspecified atom stereocenters. The lowest BCUT2D eigenvalue weighted by Gasteiger charge is -2.22. The molecule has 0 bridgehead atoms. The molecular weight excluding hydrogens is 381 g/mol. The van der Waals surface area contributed by atoms with E-state index in [1.807, 2.05) is 23.6 Å². The molecule has 0 aliphatic rings. The van der Waals surface area contributed by atoms with E-state index in [0.717, 1.165) is 4.88 Å². The van der Waals surface area contributed by atoms with E-state index in [2.05, 4.69) is 15.9 Å².